The van der Waals surface area contributed by atoms with Gasteiger partial charge in [0.25, 0.3) is 0 Å². The molecule has 0 bridgehead atoms. The Morgan fingerprint density at radius 1 is 1.31 bits per heavy atom. The molecule has 0 aliphatic heterocycles. The van der Waals surface area contributed by atoms with Crippen LogP contribution >= 0.6 is 8.53 Å². The fourth-order valence-electron chi connectivity index (χ4n) is 0.852. The molecule has 1 unspecified atom stereocenters. The van der Waals surface area contributed by atoms with Crippen LogP contribution in [0.1, 0.15) is 25.7 Å². The molecule has 78 valence electrons. The summed E-state index contributed by atoms with van der Waals surface area (Å²) in [6.07, 6.45) is 4.16. The van der Waals surface area contributed by atoms with Gasteiger partial charge in [-0.1, -0.05) is 12.8 Å². The van der Waals surface area contributed by atoms with Crippen molar-refractivity contribution >= 4 is 8.53 Å². The molecule has 0 rings (SSSR count). The van der Waals surface area contributed by atoms with Crippen molar-refractivity contribution in [1.29, 1.82) is 0 Å². The molecular weight excluding hydrogens is 191 g/mol. The van der Waals surface area contributed by atoms with Crippen molar-refractivity contribution < 1.29 is 9.05 Å². The molecule has 0 aromatic rings. The molecule has 0 aromatic carbocycles. The van der Waals surface area contributed by atoms with E-state index in [1.54, 1.807) is 0 Å². The van der Waals surface area contributed by atoms with E-state index in [0.717, 1.165) is 32.2 Å². The fraction of sp³-hybridized carbons (Fsp3) is 1.00. The summed E-state index contributed by atoms with van der Waals surface area (Å²) in [6.45, 7) is 1.28. The van der Waals surface area contributed by atoms with E-state index in [1.165, 1.54) is 7.11 Å². The zero-order valence-electron chi connectivity index (χ0n) is 7.94. The molecule has 0 heterocycles. The van der Waals surface area contributed by atoms with Gasteiger partial charge in [-0.25, -0.2) is 0 Å². The Morgan fingerprint density at radius 2 is 2.00 bits per heavy atom. The first-order valence-corrected chi connectivity index (χ1v) is 5.48. The second-order valence-electron chi connectivity index (χ2n) is 2.54. The lowest BCUT2D eigenvalue weighted by atomic mass is 10.2. The van der Waals surface area contributed by atoms with Gasteiger partial charge in [0.1, 0.15) is 0 Å². The van der Waals surface area contributed by atoms with Gasteiger partial charge in [-0.15, -0.1) is 4.91 Å². The largest absolute Gasteiger partial charge is 0.352 e. The van der Waals surface area contributed by atoms with Gasteiger partial charge in [-0.2, -0.15) is 0 Å². The predicted molar refractivity (Wildman–Crippen MR) is 53.2 cm³/mol. The number of rotatable bonds is 9. The van der Waals surface area contributed by atoms with E-state index in [4.69, 9.17) is 10.3 Å². The molecule has 1 atom stereocenters. The van der Waals surface area contributed by atoms with Gasteiger partial charge in [0, 0.05) is 12.1 Å². The van der Waals surface area contributed by atoms with Crippen molar-refractivity contribution in [2.75, 3.05) is 20.3 Å². The van der Waals surface area contributed by atoms with Crippen LogP contribution in [0.2, 0.25) is 0 Å². The average Bonchev–Trinajstić information content (AvgIpc) is 2.17. The SMILES string of the molecule is COP(N=O)OCCCCCCN. The molecule has 0 aliphatic rings. The van der Waals surface area contributed by atoms with Crippen LogP contribution in [0, 0.1) is 4.91 Å². The lowest BCUT2D eigenvalue weighted by molar-refractivity contribution is 0.276. The van der Waals surface area contributed by atoms with Crippen LogP contribution < -0.4 is 5.73 Å². The van der Waals surface area contributed by atoms with Gasteiger partial charge in [-0.05, 0) is 19.4 Å². The molecule has 6 heteroatoms. The summed E-state index contributed by atoms with van der Waals surface area (Å²) in [5.41, 5.74) is 5.33. The number of nitroso groups, excluding NO2 is 1. The minimum Gasteiger partial charge on any atom is -0.330 e. The molecule has 0 saturated heterocycles. The van der Waals surface area contributed by atoms with Crippen LogP contribution in [0.4, 0.5) is 0 Å². The summed E-state index contributed by atoms with van der Waals surface area (Å²) in [4.78, 5) is 12.7. The zero-order chi connectivity index (χ0) is 9.94. The van der Waals surface area contributed by atoms with E-state index < -0.39 is 8.53 Å². The number of hydrogen-bond acceptors (Lipinski definition) is 5. The third-order valence-electron chi connectivity index (χ3n) is 1.52. The van der Waals surface area contributed by atoms with E-state index in [0.29, 0.717) is 6.61 Å². The molecule has 0 amide bonds. The van der Waals surface area contributed by atoms with E-state index in [-0.39, 0.29) is 0 Å². The van der Waals surface area contributed by atoms with Crippen LogP contribution in [0.25, 0.3) is 0 Å². The maximum Gasteiger partial charge on any atom is 0.352 e. The molecule has 13 heavy (non-hydrogen) atoms. The Balaban J connectivity index is 3.10. The van der Waals surface area contributed by atoms with Gasteiger partial charge < -0.3 is 14.8 Å². The van der Waals surface area contributed by atoms with Crippen molar-refractivity contribution in [3.05, 3.63) is 4.91 Å². The Hall–Kier alpha value is -0.0900. The molecule has 0 saturated carbocycles. The highest BCUT2D eigenvalue weighted by atomic mass is 31.2. The summed E-state index contributed by atoms with van der Waals surface area (Å²) in [6, 6.07) is 0. The first-order chi connectivity index (χ1) is 6.35. The molecular formula is C7H17N2O3P. The van der Waals surface area contributed by atoms with Gasteiger partial charge in [0.2, 0.25) is 0 Å². The molecule has 5 nitrogen and oxygen atoms in total. The van der Waals surface area contributed by atoms with Crippen LogP contribution in [-0.2, 0) is 9.05 Å². The van der Waals surface area contributed by atoms with Crippen molar-refractivity contribution in [2.24, 2.45) is 10.7 Å². The monoisotopic (exact) mass is 208 g/mol. The van der Waals surface area contributed by atoms with E-state index >= 15 is 0 Å². The number of nitrogens with zero attached hydrogens (tertiary/aromatic N) is 1. The normalized spacial score (nSPS) is 12.8. The van der Waals surface area contributed by atoms with Crippen LogP contribution in [0.3, 0.4) is 0 Å². The highest BCUT2D eigenvalue weighted by Gasteiger charge is 2.07. The first kappa shape index (κ1) is 12.9. The lowest BCUT2D eigenvalue weighted by Crippen LogP contribution is -1.98. The predicted octanol–water partition coefficient (Wildman–Crippen LogP) is 2.16. The molecule has 0 fully saturated rings. The minimum atomic E-state index is -1.54. The van der Waals surface area contributed by atoms with Crippen molar-refractivity contribution in [3.63, 3.8) is 0 Å². The van der Waals surface area contributed by atoms with Crippen molar-refractivity contribution in [1.82, 2.24) is 0 Å². The number of nitrogens with two attached hydrogens (primary N) is 1. The lowest BCUT2D eigenvalue weighted by Gasteiger charge is -2.05. The summed E-state index contributed by atoms with van der Waals surface area (Å²) in [7, 11) is -0.118. The van der Waals surface area contributed by atoms with Crippen molar-refractivity contribution in [3.8, 4) is 0 Å². The van der Waals surface area contributed by atoms with E-state index in [1.807, 2.05) is 0 Å². The summed E-state index contributed by atoms with van der Waals surface area (Å²) in [5.74, 6) is 0. The number of unbranched alkanes of at least 4 members (excludes halogenated alkanes) is 3. The maximum absolute atomic E-state index is 10.0. The molecule has 0 spiro atoms. The smallest absolute Gasteiger partial charge is 0.330 e. The van der Waals surface area contributed by atoms with Crippen LogP contribution in [0.15, 0.2) is 4.95 Å². The third-order valence-corrected chi connectivity index (χ3v) is 2.37. The highest BCUT2D eigenvalue weighted by molar-refractivity contribution is 7.45. The quantitative estimate of drug-likeness (QED) is 0.358. The van der Waals surface area contributed by atoms with Gasteiger partial charge in [-0.3, -0.25) is 0 Å². The second-order valence-corrected chi connectivity index (χ2v) is 3.80. The van der Waals surface area contributed by atoms with Gasteiger partial charge in [0.05, 0.1) is 6.61 Å². The molecule has 0 aliphatic carbocycles. The van der Waals surface area contributed by atoms with Crippen LogP contribution in [0.5, 0.6) is 0 Å². The topological polar surface area (TPSA) is 73.9 Å². The van der Waals surface area contributed by atoms with Gasteiger partial charge in [0.15, 0.2) is 0 Å². The fourth-order valence-corrected chi connectivity index (χ4v) is 1.36. The van der Waals surface area contributed by atoms with Crippen molar-refractivity contribution in [2.45, 2.75) is 25.7 Å². The molecule has 0 aromatic heterocycles. The Bertz CT molecular complexity index is 126. The van der Waals surface area contributed by atoms with Crippen LogP contribution in [-0.4, -0.2) is 20.3 Å². The molecule has 2 N–H and O–H groups in total. The first-order valence-electron chi connectivity index (χ1n) is 4.35. The molecule has 0 radical (unpaired) electrons. The summed E-state index contributed by atoms with van der Waals surface area (Å²) >= 11 is 0. The standard InChI is InChI=1S/C7H17N2O3P/c1-11-13(9-10)12-7-5-3-2-4-6-8/h2-8H2,1H3. The minimum absolute atomic E-state index is 0.538. The Kier molecular flexibility index (Phi) is 9.92. The summed E-state index contributed by atoms with van der Waals surface area (Å²) < 4.78 is 9.72. The number of hydrogen-bond donors (Lipinski definition) is 1. The Labute approximate surface area is 79.9 Å². The highest BCUT2D eigenvalue weighted by Crippen LogP contribution is 2.38. The van der Waals surface area contributed by atoms with E-state index in [9.17, 15) is 4.91 Å². The second kappa shape index (κ2) is 9.99. The maximum atomic E-state index is 10.0. The Morgan fingerprint density at radius 3 is 2.54 bits per heavy atom. The third kappa shape index (κ3) is 8.25. The van der Waals surface area contributed by atoms with Gasteiger partial charge >= 0.3 is 8.53 Å². The van der Waals surface area contributed by atoms with E-state index in [2.05, 4.69) is 9.47 Å². The average molecular weight is 208 g/mol. The summed E-state index contributed by atoms with van der Waals surface area (Å²) in [5, 5.41) is 0. The zero-order valence-corrected chi connectivity index (χ0v) is 8.83.